The van der Waals surface area contributed by atoms with Gasteiger partial charge in [0.1, 0.15) is 0 Å². The van der Waals surface area contributed by atoms with E-state index in [0.29, 0.717) is 11.8 Å². The molecule has 1 N–H and O–H groups in total. The summed E-state index contributed by atoms with van der Waals surface area (Å²) >= 11 is 0. The lowest BCUT2D eigenvalue weighted by Gasteiger charge is -2.40. The monoisotopic (exact) mass is 269 g/mol. The Morgan fingerprint density at radius 2 is 2.16 bits per heavy atom. The van der Waals surface area contributed by atoms with Crippen molar-refractivity contribution >= 4 is 5.97 Å². The van der Waals surface area contributed by atoms with Crippen LogP contribution < -0.4 is 0 Å². The fraction of sp³-hybridized carbons (Fsp3) is 0.933. The fourth-order valence-corrected chi connectivity index (χ4v) is 3.62. The number of carboxylic acids is 1. The molecule has 1 saturated carbocycles. The van der Waals surface area contributed by atoms with Gasteiger partial charge in [0.05, 0.1) is 12.5 Å². The van der Waals surface area contributed by atoms with Gasteiger partial charge >= 0.3 is 5.97 Å². The number of nitrogens with zero attached hydrogens (tertiary/aromatic N) is 1. The van der Waals surface area contributed by atoms with Gasteiger partial charge < -0.3 is 14.7 Å². The van der Waals surface area contributed by atoms with E-state index in [1.807, 2.05) is 0 Å². The number of rotatable bonds is 4. The van der Waals surface area contributed by atoms with Gasteiger partial charge in [0, 0.05) is 19.2 Å². The zero-order valence-corrected chi connectivity index (χ0v) is 12.2. The molecule has 4 atom stereocenters. The van der Waals surface area contributed by atoms with Crippen molar-refractivity contribution in [1.29, 1.82) is 0 Å². The molecule has 4 heteroatoms. The molecule has 2 aliphatic rings. The Morgan fingerprint density at radius 1 is 1.37 bits per heavy atom. The highest BCUT2D eigenvalue weighted by Gasteiger charge is 2.36. The highest BCUT2D eigenvalue weighted by Crippen LogP contribution is 2.32. The maximum atomic E-state index is 11.4. The van der Waals surface area contributed by atoms with Gasteiger partial charge in [0.2, 0.25) is 0 Å². The molecule has 4 unspecified atom stereocenters. The van der Waals surface area contributed by atoms with Crippen LogP contribution in [0.3, 0.4) is 0 Å². The van der Waals surface area contributed by atoms with Gasteiger partial charge in [-0.25, -0.2) is 0 Å². The number of hydrogen-bond donors (Lipinski definition) is 1. The molecule has 0 aromatic rings. The summed E-state index contributed by atoms with van der Waals surface area (Å²) in [5, 5.41) is 9.40. The van der Waals surface area contributed by atoms with Gasteiger partial charge in [0.25, 0.3) is 0 Å². The van der Waals surface area contributed by atoms with E-state index < -0.39 is 5.97 Å². The number of carboxylic acid groups (broad SMARTS) is 1. The Morgan fingerprint density at radius 3 is 2.79 bits per heavy atom. The van der Waals surface area contributed by atoms with Crippen LogP contribution in [0.4, 0.5) is 0 Å². The third-order valence-corrected chi connectivity index (χ3v) is 4.76. The minimum atomic E-state index is -0.622. The molecule has 0 aromatic heterocycles. The first kappa shape index (κ1) is 14.8. The smallest absolute Gasteiger partial charge is 0.308 e. The summed E-state index contributed by atoms with van der Waals surface area (Å²) in [6, 6.07) is 0.197. The van der Waals surface area contributed by atoms with Crippen molar-refractivity contribution in [3.05, 3.63) is 0 Å². The minimum Gasteiger partial charge on any atom is -0.481 e. The Balaban J connectivity index is 1.93. The fourth-order valence-electron chi connectivity index (χ4n) is 3.62. The van der Waals surface area contributed by atoms with E-state index in [1.54, 1.807) is 0 Å². The summed E-state index contributed by atoms with van der Waals surface area (Å²) in [5.74, 6) is 0.408. The average molecular weight is 269 g/mol. The lowest BCUT2D eigenvalue weighted by molar-refractivity contribution is -0.146. The van der Waals surface area contributed by atoms with Gasteiger partial charge in [-0.1, -0.05) is 6.92 Å². The van der Waals surface area contributed by atoms with E-state index in [4.69, 9.17) is 4.74 Å². The van der Waals surface area contributed by atoms with Gasteiger partial charge in [-0.15, -0.1) is 0 Å². The van der Waals surface area contributed by atoms with Crippen LogP contribution in [-0.2, 0) is 9.53 Å². The number of ether oxygens (including phenoxy) is 1. The predicted octanol–water partition coefficient (Wildman–Crippen LogP) is 2.23. The Hall–Kier alpha value is -0.610. The molecule has 19 heavy (non-hydrogen) atoms. The molecule has 2 rings (SSSR count). The molecule has 110 valence electrons. The van der Waals surface area contributed by atoms with E-state index in [0.717, 1.165) is 45.4 Å². The van der Waals surface area contributed by atoms with Crippen LogP contribution in [0.15, 0.2) is 0 Å². The van der Waals surface area contributed by atoms with E-state index in [9.17, 15) is 9.90 Å². The molecule has 2 fully saturated rings. The highest BCUT2D eigenvalue weighted by molar-refractivity contribution is 5.71. The molecule has 4 nitrogen and oxygen atoms in total. The third-order valence-electron chi connectivity index (χ3n) is 4.76. The maximum Gasteiger partial charge on any atom is 0.308 e. The minimum absolute atomic E-state index is 0.189. The van der Waals surface area contributed by atoms with E-state index in [1.165, 1.54) is 6.42 Å². The van der Waals surface area contributed by atoms with Crippen LogP contribution in [0.5, 0.6) is 0 Å². The molecule has 1 heterocycles. The average Bonchev–Trinajstić information content (AvgIpc) is 2.39. The summed E-state index contributed by atoms with van der Waals surface area (Å²) < 4.78 is 5.52. The quantitative estimate of drug-likeness (QED) is 0.850. The predicted molar refractivity (Wildman–Crippen MR) is 74.1 cm³/mol. The standard InChI is InChI=1S/C15H27NO3/c1-11-5-6-13(15(17)18)14(8-11)16(2)9-12-4-3-7-19-10-12/h11-14H,3-10H2,1-2H3,(H,17,18). The second-order valence-electron chi connectivity index (χ2n) is 6.45. The van der Waals surface area contributed by atoms with Crippen LogP contribution in [0.1, 0.15) is 39.0 Å². The molecule has 0 aromatic carbocycles. The summed E-state index contributed by atoms with van der Waals surface area (Å²) in [7, 11) is 2.09. The maximum absolute atomic E-state index is 11.4. The van der Waals surface area contributed by atoms with Crippen LogP contribution in [0.2, 0.25) is 0 Å². The molecule has 1 aliphatic heterocycles. The number of carbonyl (C=O) groups is 1. The first-order valence-corrected chi connectivity index (χ1v) is 7.58. The van der Waals surface area contributed by atoms with Crippen molar-refractivity contribution in [3.8, 4) is 0 Å². The zero-order chi connectivity index (χ0) is 13.8. The molecule has 1 aliphatic carbocycles. The van der Waals surface area contributed by atoms with Crippen LogP contribution in [0, 0.1) is 17.8 Å². The first-order chi connectivity index (χ1) is 9.08. The van der Waals surface area contributed by atoms with Gasteiger partial charge in [-0.3, -0.25) is 4.79 Å². The molecule has 1 saturated heterocycles. The molecular weight excluding hydrogens is 242 g/mol. The van der Waals surface area contributed by atoms with Crippen molar-refractivity contribution in [2.45, 2.75) is 45.1 Å². The van der Waals surface area contributed by atoms with Gasteiger partial charge in [0.15, 0.2) is 0 Å². The topological polar surface area (TPSA) is 49.8 Å². The van der Waals surface area contributed by atoms with Crippen molar-refractivity contribution in [3.63, 3.8) is 0 Å². The van der Waals surface area contributed by atoms with Gasteiger partial charge in [-0.05, 0) is 51.0 Å². The SMILES string of the molecule is CC1CCC(C(=O)O)C(N(C)CC2CCCOC2)C1. The molecule has 0 radical (unpaired) electrons. The van der Waals surface area contributed by atoms with Crippen LogP contribution in [0.25, 0.3) is 0 Å². The Kier molecular flexibility index (Phi) is 5.22. The van der Waals surface area contributed by atoms with Crippen molar-refractivity contribution in [2.24, 2.45) is 17.8 Å². The lowest BCUT2D eigenvalue weighted by atomic mass is 9.78. The highest BCUT2D eigenvalue weighted by atomic mass is 16.5. The number of hydrogen-bond acceptors (Lipinski definition) is 3. The second-order valence-corrected chi connectivity index (χ2v) is 6.45. The van der Waals surface area contributed by atoms with Crippen molar-refractivity contribution in [2.75, 3.05) is 26.8 Å². The number of aliphatic carboxylic acids is 1. The van der Waals surface area contributed by atoms with E-state index in [2.05, 4.69) is 18.9 Å². The van der Waals surface area contributed by atoms with Gasteiger partial charge in [-0.2, -0.15) is 0 Å². The molecule has 0 amide bonds. The Labute approximate surface area is 116 Å². The summed E-state index contributed by atoms with van der Waals surface area (Å²) in [4.78, 5) is 13.7. The third kappa shape index (κ3) is 3.93. The van der Waals surface area contributed by atoms with E-state index in [-0.39, 0.29) is 12.0 Å². The van der Waals surface area contributed by atoms with Crippen molar-refractivity contribution in [1.82, 2.24) is 4.90 Å². The van der Waals surface area contributed by atoms with Crippen LogP contribution >= 0.6 is 0 Å². The second kappa shape index (κ2) is 6.71. The van der Waals surface area contributed by atoms with Crippen LogP contribution in [-0.4, -0.2) is 48.8 Å². The normalized spacial score (nSPS) is 36.4. The summed E-state index contributed by atoms with van der Waals surface area (Å²) in [6.07, 6.45) is 5.24. The van der Waals surface area contributed by atoms with Crippen molar-refractivity contribution < 1.29 is 14.6 Å². The Bertz CT molecular complexity index is 302. The summed E-state index contributed by atoms with van der Waals surface area (Å²) in [5.41, 5.74) is 0. The first-order valence-electron chi connectivity index (χ1n) is 7.58. The zero-order valence-electron chi connectivity index (χ0n) is 12.2. The largest absolute Gasteiger partial charge is 0.481 e. The molecular formula is C15H27NO3. The summed E-state index contributed by atoms with van der Waals surface area (Å²) in [6.45, 7) is 4.94. The van der Waals surface area contributed by atoms with E-state index >= 15 is 0 Å². The molecule has 0 spiro atoms. The lowest BCUT2D eigenvalue weighted by Crippen LogP contribution is -2.47. The molecule has 0 bridgehead atoms.